The molecule has 0 aliphatic heterocycles. The van der Waals surface area contributed by atoms with E-state index in [1.807, 2.05) is 13.8 Å². The van der Waals surface area contributed by atoms with Gasteiger partial charge in [-0.15, -0.1) is 0 Å². The molecule has 2 nitrogen and oxygen atoms in total. The molecule has 0 aliphatic rings. The zero-order chi connectivity index (χ0) is 14.3. The van der Waals surface area contributed by atoms with Crippen LogP contribution in [0.4, 0.5) is 4.39 Å². The predicted molar refractivity (Wildman–Crippen MR) is 78.3 cm³/mol. The van der Waals surface area contributed by atoms with Crippen LogP contribution in [-0.2, 0) is 11.2 Å². The zero-order valence-electron chi connectivity index (χ0n) is 11.9. The molecule has 0 amide bonds. The van der Waals surface area contributed by atoms with E-state index in [-0.39, 0.29) is 18.0 Å². The summed E-state index contributed by atoms with van der Waals surface area (Å²) < 4.78 is 19.6. The fraction of sp³-hybridized carbons (Fsp3) is 0.600. The molecular formula is C15H23ClFNO. The monoisotopic (exact) mass is 287 g/mol. The minimum Gasteiger partial charge on any atom is -0.377 e. The summed E-state index contributed by atoms with van der Waals surface area (Å²) in [6.45, 7) is 7.57. The Morgan fingerprint density at radius 2 is 2.05 bits per heavy atom. The summed E-state index contributed by atoms with van der Waals surface area (Å²) in [5.41, 5.74) is 0.563. The lowest BCUT2D eigenvalue weighted by Gasteiger charge is -2.27. The molecule has 0 saturated heterocycles. The van der Waals surface area contributed by atoms with E-state index in [4.69, 9.17) is 16.3 Å². The molecule has 1 aromatic carbocycles. The second-order valence-corrected chi connectivity index (χ2v) is 4.88. The molecule has 2 unspecified atom stereocenters. The predicted octanol–water partition coefficient (Wildman–Crippen LogP) is 3.81. The maximum absolute atomic E-state index is 13.9. The number of halogens is 2. The summed E-state index contributed by atoms with van der Waals surface area (Å²) in [6.07, 6.45) is 1.50. The number of hydrogen-bond donors (Lipinski definition) is 1. The van der Waals surface area contributed by atoms with E-state index in [0.29, 0.717) is 23.6 Å². The van der Waals surface area contributed by atoms with E-state index in [1.165, 1.54) is 6.07 Å². The summed E-state index contributed by atoms with van der Waals surface area (Å²) in [6, 6.07) is 4.88. The lowest BCUT2D eigenvalue weighted by molar-refractivity contribution is 0.0322. The number of nitrogens with one attached hydrogen (secondary N) is 1. The summed E-state index contributed by atoms with van der Waals surface area (Å²) in [5.74, 6) is -0.248. The summed E-state index contributed by atoms with van der Waals surface area (Å²) in [7, 11) is 0. The molecule has 0 saturated carbocycles. The molecule has 0 bridgehead atoms. The van der Waals surface area contributed by atoms with Crippen LogP contribution in [0.2, 0.25) is 5.02 Å². The first kappa shape index (κ1) is 16.4. The van der Waals surface area contributed by atoms with E-state index < -0.39 is 0 Å². The van der Waals surface area contributed by atoms with Gasteiger partial charge < -0.3 is 10.1 Å². The largest absolute Gasteiger partial charge is 0.377 e. The van der Waals surface area contributed by atoms with Gasteiger partial charge in [-0.2, -0.15) is 0 Å². The molecule has 0 heterocycles. The van der Waals surface area contributed by atoms with Gasteiger partial charge in [-0.1, -0.05) is 31.5 Å². The van der Waals surface area contributed by atoms with E-state index in [0.717, 1.165) is 13.0 Å². The number of benzene rings is 1. The number of ether oxygens (including phenoxy) is 1. The van der Waals surface area contributed by atoms with Crippen molar-refractivity contribution in [3.63, 3.8) is 0 Å². The smallest absolute Gasteiger partial charge is 0.127 e. The van der Waals surface area contributed by atoms with Crippen LogP contribution in [-0.4, -0.2) is 25.3 Å². The Labute approximate surface area is 120 Å². The fourth-order valence-electron chi connectivity index (χ4n) is 2.28. The van der Waals surface area contributed by atoms with Gasteiger partial charge in [-0.05, 0) is 38.4 Å². The summed E-state index contributed by atoms with van der Waals surface area (Å²) in [4.78, 5) is 0. The zero-order valence-corrected chi connectivity index (χ0v) is 12.6. The van der Waals surface area contributed by atoms with Crippen LogP contribution < -0.4 is 5.32 Å². The van der Waals surface area contributed by atoms with Crippen molar-refractivity contribution in [2.75, 3.05) is 13.2 Å². The third-order valence-electron chi connectivity index (χ3n) is 3.18. The van der Waals surface area contributed by atoms with Crippen molar-refractivity contribution < 1.29 is 9.13 Å². The Morgan fingerprint density at radius 1 is 1.32 bits per heavy atom. The summed E-state index contributed by atoms with van der Waals surface area (Å²) >= 11 is 6.09. The van der Waals surface area contributed by atoms with Gasteiger partial charge in [0.25, 0.3) is 0 Å². The quantitative estimate of drug-likeness (QED) is 0.785. The van der Waals surface area contributed by atoms with Crippen LogP contribution in [0.1, 0.15) is 32.8 Å². The average Bonchev–Trinajstić information content (AvgIpc) is 2.39. The van der Waals surface area contributed by atoms with E-state index in [2.05, 4.69) is 12.2 Å². The molecule has 1 rings (SSSR count). The van der Waals surface area contributed by atoms with E-state index in [1.54, 1.807) is 12.1 Å². The minimum absolute atomic E-state index is 0.0700. The normalized spacial score (nSPS) is 14.4. The molecule has 0 aliphatic carbocycles. The van der Waals surface area contributed by atoms with Gasteiger partial charge in [-0.3, -0.25) is 0 Å². The number of rotatable bonds is 8. The molecule has 108 valence electrons. The van der Waals surface area contributed by atoms with Gasteiger partial charge in [-0.25, -0.2) is 4.39 Å². The highest BCUT2D eigenvalue weighted by molar-refractivity contribution is 6.31. The lowest BCUT2D eigenvalue weighted by Crippen LogP contribution is -2.43. The molecule has 0 aromatic heterocycles. The van der Waals surface area contributed by atoms with Gasteiger partial charge in [0.2, 0.25) is 0 Å². The lowest BCUT2D eigenvalue weighted by atomic mass is 9.99. The summed E-state index contributed by atoms with van der Waals surface area (Å²) in [5, 5.41) is 3.85. The average molecular weight is 288 g/mol. The molecule has 4 heteroatoms. The van der Waals surface area contributed by atoms with E-state index in [9.17, 15) is 4.39 Å². The molecular weight excluding hydrogens is 265 g/mol. The molecule has 0 fully saturated rings. The molecule has 0 radical (unpaired) electrons. The van der Waals surface area contributed by atoms with Crippen LogP contribution >= 0.6 is 11.6 Å². The van der Waals surface area contributed by atoms with Gasteiger partial charge >= 0.3 is 0 Å². The van der Waals surface area contributed by atoms with E-state index >= 15 is 0 Å². The first-order valence-electron chi connectivity index (χ1n) is 6.91. The van der Waals surface area contributed by atoms with Crippen LogP contribution in [0.15, 0.2) is 18.2 Å². The van der Waals surface area contributed by atoms with Crippen LogP contribution in [0.3, 0.4) is 0 Å². The first-order valence-corrected chi connectivity index (χ1v) is 7.29. The third kappa shape index (κ3) is 4.75. The Bertz CT molecular complexity index is 366. The second kappa shape index (κ2) is 8.51. The SMILES string of the molecule is CCNC(Cc1c(F)cccc1Cl)C(CC)OCC. The molecule has 1 N–H and O–H groups in total. The highest BCUT2D eigenvalue weighted by Gasteiger charge is 2.22. The first-order chi connectivity index (χ1) is 9.13. The second-order valence-electron chi connectivity index (χ2n) is 4.47. The van der Waals surface area contributed by atoms with Crippen molar-refractivity contribution in [1.29, 1.82) is 0 Å². The van der Waals surface area contributed by atoms with Crippen molar-refractivity contribution in [2.45, 2.75) is 45.8 Å². The highest BCUT2D eigenvalue weighted by Crippen LogP contribution is 2.22. The molecule has 19 heavy (non-hydrogen) atoms. The van der Waals surface area contributed by atoms with Gasteiger partial charge in [0.1, 0.15) is 5.82 Å². The van der Waals surface area contributed by atoms with Crippen molar-refractivity contribution >= 4 is 11.6 Å². The van der Waals surface area contributed by atoms with Crippen molar-refractivity contribution in [2.24, 2.45) is 0 Å². The topological polar surface area (TPSA) is 21.3 Å². The fourth-order valence-corrected chi connectivity index (χ4v) is 2.52. The third-order valence-corrected chi connectivity index (χ3v) is 3.54. The number of likely N-dealkylation sites (N-methyl/N-ethyl adjacent to an activating group) is 1. The highest BCUT2D eigenvalue weighted by atomic mass is 35.5. The van der Waals surface area contributed by atoms with Crippen molar-refractivity contribution in [3.8, 4) is 0 Å². The van der Waals surface area contributed by atoms with Crippen LogP contribution in [0, 0.1) is 5.82 Å². The maximum atomic E-state index is 13.9. The standard InChI is InChI=1S/C15H23ClFNO/c1-4-15(19-6-3)14(18-5-2)10-11-12(16)8-7-9-13(11)17/h7-9,14-15,18H,4-6,10H2,1-3H3. The molecule has 1 aromatic rings. The van der Waals surface area contributed by atoms with Crippen LogP contribution in [0.25, 0.3) is 0 Å². The Kier molecular flexibility index (Phi) is 7.36. The van der Waals surface area contributed by atoms with Gasteiger partial charge in [0.05, 0.1) is 6.10 Å². The van der Waals surface area contributed by atoms with Gasteiger partial charge in [0, 0.05) is 23.2 Å². The number of hydrogen-bond acceptors (Lipinski definition) is 2. The van der Waals surface area contributed by atoms with Gasteiger partial charge in [0.15, 0.2) is 0 Å². The maximum Gasteiger partial charge on any atom is 0.127 e. The Morgan fingerprint density at radius 3 is 2.58 bits per heavy atom. The van der Waals surface area contributed by atoms with Crippen molar-refractivity contribution in [1.82, 2.24) is 5.32 Å². The van der Waals surface area contributed by atoms with Crippen LogP contribution in [0.5, 0.6) is 0 Å². The Hall–Kier alpha value is -0.640. The molecule has 2 atom stereocenters. The Balaban J connectivity index is 2.88. The molecule has 0 spiro atoms. The van der Waals surface area contributed by atoms with Crippen molar-refractivity contribution in [3.05, 3.63) is 34.6 Å². The minimum atomic E-state index is -0.248.